The van der Waals surface area contributed by atoms with Gasteiger partial charge in [-0.15, -0.1) is 0 Å². The van der Waals surface area contributed by atoms with Crippen molar-refractivity contribution in [2.45, 2.75) is 20.4 Å². The topological polar surface area (TPSA) is 44.0 Å². The zero-order chi connectivity index (χ0) is 13.1. The summed E-state index contributed by atoms with van der Waals surface area (Å²) in [5.74, 6) is 0. The number of aromatic nitrogens is 2. The molecule has 4 nitrogen and oxygen atoms in total. The maximum atomic E-state index is 4.28. The van der Waals surface area contributed by atoms with E-state index in [1.165, 1.54) is 11.3 Å². The van der Waals surface area contributed by atoms with Gasteiger partial charge in [-0.3, -0.25) is 0 Å². The number of benzene rings is 1. The molecule has 0 aliphatic rings. The highest BCUT2D eigenvalue weighted by Crippen LogP contribution is 2.22. The third kappa shape index (κ3) is 2.64. The van der Waals surface area contributed by atoms with Crippen molar-refractivity contribution in [2.24, 2.45) is 0 Å². The number of hydrogen-bond acceptors (Lipinski definition) is 3. The number of H-pyrrole nitrogens is 1. The average molecular weight is 244 g/mol. The van der Waals surface area contributed by atoms with Crippen LogP contribution in [-0.2, 0) is 6.54 Å². The van der Waals surface area contributed by atoms with Crippen molar-refractivity contribution in [3.63, 3.8) is 0 Å². The van der Waals surface area contributed by atoms with E-state index in [0.717, 1.165) is 23.6 Å². The predicted molar refractivity (Wildman–Crippen MR) is 76.2 cm³/mol. The second kappa shape index (κ2) is 5.12. The standard InChI is InChI=1S/C14H20N4/c1-10-5-6-12(7-14(10)18(3)4)15-8-13-11(2)16-9-17-13/h5-7,9,15H,8H2,1-4H3,(H,16,17). The predicted octanol–water partition coefficient (Wildman–Crippen LogP) is 2.70. The summed E-state index contributed by atoms with van der Waals surface area (Å²) in [7, 11) is 4.12. The molecule has 96 valence electrons. The highest BCUT2D eigenvalue weighted by atomic mass is 15.1. The lowest BCUT2D eigenvalue weighted by molar-refractivity contribution is 1.05. The van der Waals surface area contributed by atoms with Crippen molar-refractivity contribution in [3.05, 3.63) is 41.5 Å². The van der Waals surface area contributed by atoms with Crippen molar-refractivity contribution in [1.82, 2.24) is 9.97 Å². The maximum absolute atomic E-state index is 4.28. The zero-order valence-corrected chi connectivity index (χ0v) is 11.4. The number of imidazole rings is 1. The van der Waals surface area contributed by atoms with Gasteiger partial charge in [-0.05, 0) is 31.5 Å². The molecule has 0 atom stereocenters. The van der Waals surface area contributed by atoms with E-state index in [1.54, 1.807) is 6.33 Å². The van der Waals surface area contributed by atoms with Crippen LogP contribution in [0.1, 0.15) is 17.0 Å². The zero-order valence-electron chi connectivity index (χ0n) is 11.4. The van der Waals surface area contributed by atoms with Crippen LogP contribution >= 0.6 is 0 Å². The van der Waals surface area contributed by atoms with Gasteiger partial charge in [0.15, 0.2) is 0 Å². The summed E-state index contributed by atoms with van der Waals surface area (Å²) in [5.41, 5.74) is 5.80. The van der Waals surface area contributed by atoms with E-state index >= 15 is 0 Å². The molecule has 4 heteroatoms. The summed E-state index contributed by atoms with van der Waals surface area (Å²) in [6.45, 7) is 4.90. The molecule has 0 bridgehead atoms. The lowest BCUT2D eigenvalue weighted by atomic mass is 10.1. The number of rotatable bonds is 4. The van der Waals surface area contributed by atoms with Gasteiger partial charge in [0.25, 0.3) is 0 Å². The van der Waals surface area contributed by atoms with Crippen molar-refractivity contribution in [1.29, 1.82) is 0 Å². The first-order valence-corrected chi connectivity index (χ1v) is 6.08. The summed E-state index contributed by atoms with van der Waals surface area (Å²) in [6.07, 6.45) is 1.73. The van der Waals surface area contributed by atoms with E-state index in [9.17, 15) is 0 Å². The van der Waals surface area contributed by atoms with Gasteiger partial charge in [0, 0.05) is 31.2 Å². The number of aryl methyl sites for hydroxylation is 2. The molecular formula is C14H20N4. The fourth-order valence-electron chi connectivity index (χ4n) is 1.95. The molecule has 2 rings (SSSR count). The molecule has 1 heterocycles. The molecule has 0 unspecified atom stereocenters. The number of nitrogens with one attached hydrogen (secondary N) is 2. The van der Waals surface area contributed by atoms with Crippen LogP contribution < -0.4 is 10.2 Å². The quantitative estimate of drug-likeness (QED) is 0.869. The van der Waals surface area contributed by atoms with E-state index in [2.05, 4.69) is 59.4 Å². The lowest BCUT2D eigenvalue weighted by Crippen LogP contribution is -2.11. The summed E-state index contributed by atoms with van der Waals surface area (Å²) >= 11 is 0. The van der Waals surface area contributed by atoms with Crippen molar-refractivity contribution < 1.29 is 0 Å². The van der Waals surface area contributed by atoms with Crippen LogP contribution in [-0.4, -0.2) is 24.1 Å². The molecule has 2 N–H and O–H groups in total. The van der Waals surface area contributed by atoms with E-state index in [4.69, 9.17) is 0 Å². The molecule has 0 radical (unpaired) electrons. The van der Waals surface area contributed by atoms with Gasteiger partial charge in [-0.2, -0.15) is 0 Å². The second-order valence-electron chi connectivity index (χ2n) is 4.72. The molecule has 0 aliphatic heterocycles. The monoisotopic (exact) mass is 244 g/mol. The summed E-state index contributed by atoms with van der Waals surface area (Å²) < 4.78 is 0. The summed E-state index contributed by atoms with van der Waals surface area (Å²) in [5, 5.41) is 3.40. The third-order valence-electron chi connectivity index (χ3n) is 3.09. The van der Waals surface area contributed by atoms with Gasteiger partial charge in [0.1, 0.15) is 0 Å². The fraction of sp³-hybridized carbons (Fsp3) is 0.357. The van der Waals surface area contributed by atoms with E-state index in [1.807, 2.05) is 6.92 Å². The number of anilines is 2. The highest BCUT2D eigenvalue weighted by Gasteiger charge is 2.04. The molecule has 0 spiro atoms. The molecule has 0 saturated heterocycles. The van der Waals surface area contributed by atoms with Crippen LogP contribution in [0, 0.1) is 13.8 Å². The number of hydrogen-bond donors (Lipinski definition) is 2. The SMILES string of the molecule is Cc1ccc(NCc2nc[nH]c2C)cc1N(C)C. The van der Waals surface area contributed by atoms with Gasteiger partial charge in [0.05, 0.1) is 18.6 Å². The van der Waals surface area contributed by atoms with E-state index in [0.29, 0.717) is 0 Å². The molecular weight excluding hydrogens is 224 g/mol. The normalized spacial score (nSPS) is 10.4. The minimum Gasteiger partial charge on any atom is -0.379 e. The maximum Gasteiger partial charge on any atom is 0.0925 e. The Morgan fingerprint density at radius 1 is 1.28 bits per heavy atom. The Labute approximate surface area is 108 Å². The van der Waals surface area contributed by atoms with Gasteiger partial charge >= 0.3 is 0 Å². The Kier molecular flexibility index (Phi) is 3.55. The van der Waals surface area contributed by atoms with Crippen molar-refractivity contribution >= 4 is 11.4 Å². The fourth-order valence-corrected chi connectivity index (χ4v) is 1.95. The first kappa shape index (κ1) is 12.5. The molecule has 2 aromatic rings. The van der Waals surface area contributed by atoms with E-state index < -0.39 is 0 Å². The van der Waals surface area contributed by atoms with Gasteiger partial charge in [-0.1, -0.05) is 6.07 Å². The smallest absolute Gasteiger partial charge is 0.0925 e. The number of nitrogens with zero attached hydrogens (tertiary/aromatic N) is 2. The molecule has 18 heavy (non-hydrogen) atoms. The van der Waals surface area contributed by atoms with Crippen LogP contribution in [0.5, 0.6) is 0 Å². The minimum absolute atomic E-state index is 0.741. The minimum atomic E-state index is 0.741. The highest BCUT2D eigenvalue weighted by molar-refractivity contribution is 5.61. The third-order valence-corrected chi connectivity index (χ3v) is 3.09. The second-order valence-corrected chi connectivity index (χ2v) is 4.72. The van der Waals surface area contributed by atoms with Crippen LogP contribution in [0.4, 0.5) is 11.4 Å². The summed E-state index contributed by atoms with van der Waals surface area (Å²) in [6, 6.07) is 6.40. The van der Waals surface area contributed by atoms with Crippen LogP contribution in [0.15, 0.2) is 24.5 Å². The van der Waals surface area contributed by atoms with E-state index in [-0.39, 0.29) is 0 Å². The first-order valence-electron chi connectivity index (χ1n) is 6.08. The van der Waals surface area contributed by atoms with Crippen LogP contribution in [0.2, 0.25) is 0 Å². The van der Waals surface area contributed by atoms with Crippen molar-refractivity contribution in [2.75, 3.05) is 24.3 Å². The Balaban J connectivity index is 2.10. The molecule has 1 aromatic heterocycles. The van der Waals surface area contributed by atoms with Crippen LogP contribution in [0.25, 0.3) is 0 Å². The molecule has 0 fully saturated rings. The molecule has 1 aromatic carbocycles. The van der Waals surface area contributed by atoms with Gasteiger partial charge in [-0.25, -0.2) is 4.98 Å². The van der Waals surface area contributed by atoms with Gasteiger partial charge < -0.3 is 15.2 Å². The number of aromatic amines is 1. The molecule has 0 amide bonds. The molecule has 0 aliphatic carbocycles. The largest absolute Gasteiger partial charge is 0.379 e. The van der Waals surface area contributed by atoms with Crippen LogP contribution in [0.3, 0.4) is 0 Å². The Hall–Kier alpha value is -1.97. The Bertz CT molecular complexity index is 528. The Morgan fingerprint density at radius 3 is 2.67 bits per heavy atom. The lowest BCUT2D eigenvalue weighted by Gasteiger charge is -2.17. The Morgan fingerprint density at radius 2 is 2.06 bits per heavy atom. The first-order chi connectivity index (χ1) is 8.58. The van der Waals surface area contributed by atoms with Crippen molar-refractivity contribution in [3.8, 4) is 0 Å². The van der Waals surface area contributed by atoms with Gasteiger partial charge in [0.2, 0.25) is 0 Å². The average Bonchev–Trinajstić information content (AvgIpc) is 2.73. The molecule has 0 saturated carbocycles. The summed E-state index contributed by atoms with van der Waals surface area (Å²) in [4.78, 5) is 9.49.